The van der Waals surface area contributed by atoms with E-state index >= 15 is 0 Å². The highest BCUT2D eigenvalue weighted by Gasteiger charge is 2.08. The molecule has 0 fully saturated rings. The first kappa shape index (κ1) is 14.4. The number of benzene rings is 2. The maximum Gasteiger partial charge on any atom is 0.169 e. The maximum atomic E-state index is 5.98. The normalized spacial score (nSPS) is 10.3. The first-order valence-electron chi connectivity index (χ1n) is 6.94. The first-order chi connectivity index (χ1) is 9.74. The van der Waals surface area contributed by atoms with Gasteiger partial charge >= 0.3 is 0 Å². The van der Waals surface area contributed by atoms with Crippen LogP contribution in [0.25, 0.3) is 0 Å². The van der Waals surface area contributed by atoms with Crippen molar-refractivity contribution < 1.29 is 9.47 Å². The molecule has 106 valence electrons. The molecule has 20 heavy (non-hydrogen) atoms. The quantitative estimate of drug-likeness (QED) is 0.862. The summed E-state index contributed by atoms with van der Waals surface area (Å²) in [4.78, 5) is 0. The van der Waals surface area contributed by atoms with Crippen LogP contribution < -0.4 is 15.2 Å². The van der Waals surface area contributed by atoms with Crippen molar-refractivity contribution in [1.82, 2.24) is 0 Å². The van der Waals surface area contributed by atoms with E-state index in [0.717, 1.165) is 29.2 Å². The molecule has 2 N–H and O–H groups in total. The Morgan fingerprint density at radius 1 is 1.00 bits per heavy atom. The van der Waals surface area contributed by atoms with Gasteiger partial charge in [-0.1, -0.05) is 36.8 Å². The minimum absolute atomic E-state index is 0.453. The predicted octanol–water partition coefficient (Wildman–Crippen LogP) is 4.03. The Kier molecular flexibility index (Phi) is 5.02. The molecule has 0 saturated heterocycles. The van der Waals surface area contributed by atoms with Gasteiger partial charge < -0.3 is 15.2 Å². The largest absolute Gasteiger partial charge is 0.490 e. The van der Waals surface area contributed by atoms with Crippen molar-refractivity contribution in [2.75, 3.05) is 6.61 Å². The SMILES string of the molecule is CCCOc1ccccc1Oc1ccc(C)cc1CN. The van der Waals surface area contributed by atoms with Gasteiger partial charge in [0, 0.05) is 12.1 Å². The van der Waals surface area contributed by atoms with Crippen LogP contribution >= 0.6 is 0 Å². The third-order valence-corrected chi connectivity index (χ3v) is 2.97. The molecular weight excluding hydrogens is 250 g/mol. The van der Waals surface area contributed by atoms with Gasteiger partial charge in [0.05, 0.1) is 6.61 Å². The molecular formula is C17H21NO2. The Morgan fingerprint density at radius 3 is 2.45 bits per heavy atom. The zero-order chi connectivity index (χ0) is 14.4. The van der Waals surface area contributed by atoms with E-state index in [4.69, 9.17) is 15.2 Å². The molecule has 0 aliphatic rings. The highest BCUT2D eigenvalue weighted by atomic mass is 16.5. The molecule has 0 unspecified atom stereocenters. The van der Waals surface area contributed by atoms with Crippen molar-refractivity contribution >= 4 is 0 Å². The second kappa shape index (κ2) is 6.96. The molecule has 2 rings (SSSR count). The average Bonchev–Trinajstić information content (AvgIpc) is 2.48. The van der Waals surface area contributed by atoms with E-state index in [-0.39, 0.29) is 0 Å². The molecule has 0 spiro atoms. The van der Waals surface area contributed by atoms with Gasteiger partial charge in [0.2, 0.25) is 0 Å². The second-order valence-electron chi connectivity index (χ2n) is 4.71. The van der Waals surface area contributed by atoms with Crippen LogP contribution in [0.1, 0.15) is 24.5 Å². The van der Waals surface area contributed by atoms with Gasteiger partial charge in [-0.3, -0.25) is 0 Å². The highest BCUT2D eigenvalue weighted by molar-refractivity contribution is 5.45. The molecule has 0 bridgehead atoms. The number of aryl methyl sites for hydroxylation is 1. The average molecular weight is 271 g/mol. The topological polar surface area (TPSA) is 44.5 Å². The molecule has 2 aromatic carbocycles. The Balaban J connectivity index is 2.25. The molecule has 0 atom stereocenters. The lowest BCUT2D eigenvalue weighted by Crippen LogP contribution is -2.01. The zero-order valence-electron chi connectivity index (χ0n) is 12.1. The van der Waals surface area contributed by atoms with E-state index in [2.05, 4.69) is 6.92 Å². The fraction of sp³-hybridized carbons (Fsp3) is 0.294. The maximum absolute atomic E-state index is 5.98. The molecule has 0 saturated carbocycles. The highest BCUT2D eigenvalue weighted by Crippen LogP contribution is 2.33. The second-order valence-corrected chi connectivity index (χ2v) is 4.71. The lowest BCUT2D eigenvalue weighted by molar-refractivity contribution is 0.302. The summed E-state index contributed by atoms with van der Waals surface area (Å²) >= 11 is 0. The number of hydrogen-bond acceptors (Lipinski definition) is 3. The van der Waals surface area contributed by atoms with Crippen molar-refractivity contribution in [1.29, 1.82) is 0 Å². The van der Waals surface area contributed by atoms with E-state index < -0.39 is 0 Å². The number of nitrogens with two attached hydrogens (primary N) is 1. The van der Waals surface area contributed by atoms with Crippen LogP contribution in [-0.4, -0.2) is 6.61 Å². The summed E-state index contributed by atoms with van der Waals surface area (Å²) < 4.78 is 11.7. The van der Waals surface area contributed by atoms with Crippen LogP contribution in [0.4, 0.5) is 0 Å². The number of hydrogen-bond donors (Lipinski definition) is 1. The molecule has 0 amide bonds. The fourth-order valence-corrected chi connectivity index (χ4v) is 1.95. The summed E-state index contributed by atoms with van der Waals surface area (Å²) in [6.07, 6.45) is 0.965. The van der Waals surface area contributed by atoms with Crippen LogP contribution in [0.2, 0.25) is 0 Å². The molecule has 3 heteroatoms. The van der Waals surface area contributed by atoms with Crippen molar-refractivity contribution in [3.8, 4) is 17.2 Å². The van der Waals surface area contributed by atoms with Gasteiger partial charge in [0.1, 0.15) is 5.75 Å². The minimum Gasteiger partial charge on any atom is -0.490 e. The Bertz CT molecular complexity index is 567. The summed E-state index contributed by atoms with van der Waals surface area (Å²) in [6.45, 7) is 5.25. The van der Waals surface area contributed by atoms with E-state index in [0.29, 0.717) is 13.2 Å². The lowest BCUT2D eigenvalue weighted by Gasteiger charge is -2.14. The van der Waals surface area contributed by atoms with E-state index in [9.17, 15) is 0 Å². The summed E-state index contributed by atoms with van der Waals surface area (Å²) in [6, 6.07) is 13.7. The van der Waals surface area contributed by atoms with Gasteiger partial charge in [-0.25, -0.2) is 0 Å². The van der Waals surface area contributed by atoms with Crippen LogP contribution in [0, 0.1) is 6.92 Å². The Hall–Kier alpha value is -2.00. The standard InChI is InChI=1S/C17H21NO2/c1-3-10-19-16-6-4-5-7-17(16)20-15-9-8-13(2)11-14(15)12-18/h4-9,11H,3,10,12,18H2,1-2H3. The number of para-hydroxylation sites is 2. The molecule has 3 nitrogen and oxygen atoms in total. The zero-order valence-corrected chi connectivity index (χ0v) is 12.1. The van der Waals surface area contributed by atoms with E-state index in [1.165, 1.54) is 5.56 Å². The predicted molar refractivity (Wildman–Crippen MR) is 81.4 cm³/mol. The molecule has 0 aliphatic carbocycles. The molecule has 0 aliphatic heterocycles. The number of ether oxygens (including phenoxy) is 2. The van der Waals surface area contributed by atoms with Crippen LogP contribution in [0.5, 0.6) is 17.2 Å². The summed E-state index contributed by atoms with van der Waals surface area (Å²) in [5, 5.41) is 0. The summed E-state index contributed by atoms with van der Waals surface area (Å²) in [5.74, 6) is 2.27. The molecule has 0 radical (unpaired) electrons. The monoisotopic (exact) mass is 271 g/mol. The minimum atomic E-state index is 0.453. The van der Waals surface area contributed by atoms with Crippen LogP contribution in [0.15, 0.2) is 42.5 Å². The molecule has 0 aromatic heterocycles. The Morgan fingerprint density at radius 2 is 1.75 bits per heavy atom. The summed E-state index contributed by atoms with van der Waals surface area (Å²) in [7, 11) is 0. The van der Waals surface area contributed by atoms with Gasteiger partial charge in [0.15, 0.2) is 11.5 Å². The Labute approximate surface area is 120 Å². The van der Waals surface area contributed by atoms with Gasteiger partial charge in [0.25, 0.3) is 0 Å². The number of rotatable bonds is 6. The smallest absolute Gasteiger partial charge is 0.169 e. The third kappa shape index (κ3) is 3.52. The van der Waals surface area contributed by atoms with Crippen molar-refractivity contribution in [3.63, 3.8) is 0 Å². The van der Waals surface area contributed by atoms with Crippen molar-refractivity contribution in [3.05, 3.63) is 53.6 Å². The molecule has 0 heterocycles. The fourth-order valence-electron chi connectivity index (χ4n) is 1.95. The van der Waals surface area contributed by atoms with Crippen LogP contribution in [0.3, 0.4) is 0 Å². The van der Waals surface area contributed by atoms with Gasteiger partial charge in [-0.15, -0.1) is 0 Å². The lowest BCUT2D eigenvalue weighted by atomic mass is 10.1. The molecule has 2 aromatic rings. The summed E-state index contributed by atoms with van der Waals surface area (Å²) in [5.41, 5.74) is 7.95. The van der Waals surface area contributed by atoms with Gasteiger partial charge in [-0.05, 0) is 31.5 Å². The first-order valence-corrected chi connectivity index (χ1v) is 6.94. The van der Waals surface area contributed by atoms with E-state index in [1.54, 1.807) is 0 Å². The van der Waals surface area contributed by atoms with Crippen molar-refractivity contribution in [2.24, 2.45) is 5.73 Å². The third-order valence-electron chi connectivity index (χ3n) is 2.97. The van der Waals surface area contributed by atoms with Crippen molar-refractivity contribution in [2.45, 2.75) is 26.8 Å². The van der Waals surface area contributed by atoms with E-state index in [1.807, 2.05) is 49.4 Å². The van der Waals surface area contributed by atoms with Crippen LogP contribution in [-0.2, 0) is 6.54 Å². The van der Waals surface area contributed by atoms with Gasteiger partial charge in [-0.2, -0.15) is 0 Å².